The number of hydrogen-bond acceptors (Lipinski definition) is 3. The third kappa shape index (κ3) is 5.75. The number of methoxy groups -OCH3 is 1. The fourth-order valence-corrected chi connectivity index (χ4v) is 3.25. The summed E-state index contributed by atoms with van der Waals surface area (Å²) in [5.41, 5.74) is 3.33. The molecule has 0 saturated carbocycles. The van der Waals surface area contributed by atoms with Crippen molar-refractivity contribution in [3.05, 3.63) is 53.1 Å². The van der Waals surface area contributed by atoms with E-state index in [1.54, 1.807) is 7.11 Å². The molecule has 0 aliphatic carbocycles. The lowest BCUT2D eigenvalue weighted by Crippen LogP contribution is -2.31. The summed E-state index contributed by atoms with van der Waals surface area (Å²) in [7, 11) is 1.65. The van der Waals surface area contributed by atoms with Crippen molar-refractivity contribution in [2.75, 3.05) is 20.2 Å². The van der Waals surface area contributed by atoms with Crippen molar-refractivity contribution in [1.29, 1.82) is 0 Å². The second-order valence-electron chi connectivity index (χ2n) is 6.81. The van der Waals surface area contributed by atoms with Gasteiger partial charge in [-0.15, -0.1) is 0 Å². The SMILES string of the molecule is CCCN(CC)C(=O)CCc1cc(C)c(Oc2ccc(OC)cc2)c(C)c1. The maximum atomic E-state index is 12.4. The molecule has 4 heteroatoms. The maximum Gasteiger partial charge on any atom is 0.222 e. The number of amides is 1. The van der Waals surface area contributed by atoms with Gasteiger partial charge in [0, 0.05) is 19.5 Å². The number of nitrogens with zero attached hydrogens (tertiary/aromatic N) is 1. The smallest absolute Gasteiger partial charge is 0.222 e. The van der Waals surface area contributed by atoms with Gasteiger partial charge in [0.15, 0.2) is 0 Å². The zero-order chi connectivity index (χ0) is 19.8. The van der Waals surface area contributed by atoms with Crippen LogP contribution in [0.3, 0.4) is 0 Å². The first kappa shape index (κ1) is 20.8. The van der Waals surface area contributed by atoms with Crippen molar-refractivity contribution < 1.29 is 14.3 Å². The Morgan fingerprint density at radius 3 is 2.11 bits per heavy atom. The van der Waals surface area contributed by atoms with E-state index < -0.39 is 0 Å². The molecule has 0 spiro atoms. The van der Waals surface area contributed by atoms with Gasteiger partial charge in [0.1, 0.15) is 17.2 Å². The van der Waals surface area contributed by atoms with E-state index in [0.29, 0.717) is 6.42 Å². The molecule has 0 heterocycles. The van der Waals surface area contributed by atoms with E-state index >= 15 is 0 Å². The standard InChI is InChI=1S/C23H31NO3/c1-6-14-24(7-2)22(25)13-8-19-15-17(3)23(18(4)16-19)27-21-11-9-20(26-5)10-12-21/h9-12,15-16H,6-8,13-14H2,1-5H3. The monoisotopic (exact) mass is 369 g/mol. The van der Waals surface area contributed by atoms with Gasteiger partial charge in [-0.3, -0.25) is 4.79 Å². The molecule has 4 nitrogen and oxygen atoms in total. The van der Waals surface area contributed by atoms with E-state index in [4.69, 9.17) is 9.47 Å². The number of hydrogen-bond donors (Lipinski definition) is 0. The second-order valence-corrected chi connectivity index (χ2v) is 6.81. The van der Waals surface area contributed by atoms with Crippen LogP contribution in [0.25, 0.3) is 0 Å². The fraction of sp³-hybridized carbons (Fsp3) is 0.435. The Hall–Kier alpha value is -2.49. The lowest BCUT2D eigenvalue weighted by Gasteiger charge is -2.20. The predicted molar refractivity (Wildman–Crippen MR) is 110 cm³/mol. The molecule has 0 fully saturated rings. The Balaban J connectivity index is 2.06. The number of ether oxygens (including phenoxy) is 2. The minimum atomic E-state index is 0.230. The normalized spacial score (nSPS) is 10.6. The highest BCUT2D eigenvalue weighted by Crippen LogP contribution is 2.31. The first-order valence-electron chi connectivity index (χ1n) is 9.68. The molecule has 0 radical (unpaired) electrons. The number of carbonyl (C=O) groups is 1. The molecule has 0 bridgehead atoms. The number of benzene rings is 2. The summed E-state index contributed by atoms with van der Waals surface area (Å²) in [6.45, 7) is 9.85. The van der Waals surface area contributed by atoms with Gasteiger partial charge in [0.25, 0.3) is 0 Å². The first-order chi connectivity index (χ1) is 13.0. The molecule has 2 aromatic carbocycles. The van der Waals surface area contributed by atoms with Crippen molar-refractivity contribution in [3.63, 3.8) is 0 Å². The number of aryl methyl sites for hydroxylation is 3. The molecular weight excluding hydrogens is 338 g/mol. The van der Waals surface area contributed by atoms with Crippen LogP contribution >= 0.6 is 0 Å². The van der Waals surface area contributed by atoms with Gasteiger partial charge < -0.3 is 14.4 Å². The van der Waals surface area contributed by atoms with Crippen molar-refractivity contribution in [1.82, 2.24) is 4.90 Å². The van der Waals surface area contributed by atoms with Gasteiger partial charge in [-0.1, -0.05) is 19.1 Å². The van der Waals surface area contributed by atoms with Gasteiger partial charge in [0.05, 0.1) is 7.11 Å². The minimum Gasteiger partial charge on any atom is -0.497 e. The van der Waals surface area contributed by atoms with Gasteiger partial charge in [-0.25, -0.2) is 0 Å². The van der Waals surface area contributed by atoms with Crippen molar-refractivity contribution >= 4 is 5.91 Å². The lowest BCUT2D eigenvalue weighted by molar-refractivity contribution is -0.131. The van der Waals surface area contributed by atoms with Gasteiger partial charge in [-0.05, 0) is 74.6 Å². The van der Waals surface area contributed by atoms with Crippen molar-refractivity contribution in [2.24, 2.45) is 0 Å². The minimum absolute atomic E-state index is 0.230. The number of rotatable bonds is 9. The van der Waals surface area contributed by atoms with Gasteiger partial charge in [-0.2, -0.15) is 0 Å². The molecule has 27 heavy (non-hydrogen) atoms. The van der Waals surface area contributed by atoms with Crippen LogP contribution in [0.15, 0.2) is 36.4 Å². The molecule has 0 aliphatic rings. The summed E-state index contributed by atoms with van der Waals surface area (Å²) < 4.78 is 11.3. The molecule has 0 saturated heterocycles. The molecule has 0 atom stereocenters. The molecule has 0 N–H and O–H groups in total. The Kier molecular flexibility index (Phi) is 7.71. The van der Waals surface area contributed by atoms with E-state index in [0.717, 1.165) is 54.3 Å². The Labute approximate surface area is 163 Å². The topological polar surface area (TPSA) is 38.8 Å². The van der Waals surface area contributed by atoms with E-state index in [2.05, 4.69) is 19.1 Å². The van der Waals surface area contributed by atoms with Gasteiger partial charge >= 0.3 is 0 Å². The average molecular weight is 370 g/mol. The first-order valence-corrected chi connectivity index (χ1v) is 9.68. The molecule has 0 unspecified atom stereocenters. The van der Waals surface area contributed by atoms with E-state index in [1.165, 1.54) is 5.56 Å². The second kappa shape index (κ2) is 10.0. The van der Waals surface area contributed by atoms with E-state index in [1.807, 2.05) is 49.9 Å². The molecule has 0 aliphatic heterocycles. The zero-order valence-corrected chi connectivity index (χ0v) is 17.2. The van der Waals surface area contributed by atoms with E-state index in [9.17, 15) is 4.79 Å². The van der Waals surface area contributed by atoms with Crippen LogP contribution < -0.4 is 9.47 Å². The molecule has 0 aromatic heterocycles. The highest BCUT2D eigenvalue weighted by Gasteiger charge is 2.13. The largest absolute Gasteiger partial charge is 0.497 e. The summed E-state index contributed by atoms with van der Waals surface area (Å²) in [6, 6.07) is 11.8. The van der Waals surface area contributed by atoms with Crippen LogP contribution in [-0.2, 0) is 11.2 Å². The highest BCUT2D eigenvalue weighted by atomic mass is 16.5. The highest BCUT2D eigenvalue weighted by molar-refractivity contribution is 5.76. The summed E-state index contributed by atoms with van der Waals surface area (Å²) in [5, 5.41) is 0. The number of carbonyl (C=O) groups excluding carboxylic acids is 1. The summed E-state index contributed by atoms with van der Waals surface area (Å²) >= 11 is 0. The van der Waals surface area contributed by atoms with Crippen LogP contribution in [0.5, 0.6) is 17.2 Å². The predicted octanol–water partition coefficient (Wildman–Crippen LogP) is 5.30. The van der Waals surface area contributed by atoms with Crippen molar-refractivity contribution in [2.45, 2.75) is 47.0 Å². The molecule has 1 amide bonds. The Bertz CT molecular complexity index is 730. The van der Waals surface area contributed by atoms with Crippen LogP contribution in [0.1, 0.15) is 43.4 Å². The van der Waals surface area contributed by atoms with Crippen molar-refractivity contribution in [3.8, 4) is 17.2 Å². The fourth-order valence-electron chi connectivity index (χ4n) is 3.25. The molecule has 2 aromatic rings. The van der Waals surface area contributed by atoms with Gasteiger partial charge in [0.2, 0.25) is 5.91 Å². The molecule has 146 valence electrons. The average Bonchev–Trinajstić information content (AvgIpc) is 2.67. The Morgan fingerprint density at radius 1 is 1.00 bits per heavy atom. The third-order valence-corrected chi connectivity index (χ3v) is 4.65. The Morgan fingerprint density at radius 2 is 1.59 bits per heavy atom. The lowest BCUT2D eigenvalue weighted by atomic mass is 10.0. The summed E-state index contributed by atoms with van der Waals surface area (Å²) in [6.07, 6.45) is 2.30. The van der Waals surface area contributed by atoms with Crippen LogP contribution in [-0.4, -0.2) is 31.0 Å². The quantitative estimate of drug-likeness (QED) is 0.602. The molecule has 2 rings (SSSR count). The zero-order valence-electron chi connectivity index (χ0n) is 17.2. The van der Waals surface area contributed by atoms with E-state index in [-0.39, 0.29) is 5.91 Å². The maximum absolute atomic E-state index is 12.4. The van der Waals surface area contributed by atoms with Crippen LogP contribution in [0.4, 0.5) is 0 Å². The third-order valence-electron chi connectivity index (χ3n) is 4.65. The molecular formula is C23H31NO3. The van der Waals surface area contributed by atoms with Crippen LogP contribution in [0, 0.1) is 13.8 Å². The summed E-state index contributed by atoms with van der Waals surface area (Å²) in [4.78, 5) is 14.3. The summed E-state index contributed by atoms with van der Waals surface area (Å²) in [5.74, 6) is 2.69. The van der Waals surface area contributed by atoms with Crippen LogP contribution in [0.2, 0.25) is 0 Å².